The van der Waals surface area contributed by atoms with Crippen molar-refractivity contribution >= 4 is 22.6 Å². The molecular weight excluding hydrogens is 275 g/mol. The van der Waals surface area contributed by atoms with Crippen LogP contribution >= 0.6 is 22.6 Å². The van der Waals surface area contributed by atoms with Crippen LogP contribution in [0, 0.1) is 0 Å². The molecule has 0 radical (unpaired) electrons. The second-order valence-corrected chi connectivity index (χ2v) is 5.79. The van der Waals surface area contributed by atoms with Gasteiger partial charge in [0.05, 0.1) is 12.2 Å². The molecule has 3 atom stereocenters. The molecule has 1 aliphatic rings. The first-order chi connectivity index (χ1) is 6.26. The van der Waals surface area contributed by atoms with Gasteiger partial charge in [0.15, 0.2) is 0 Å². The van der Waals surface area contributed by atoms with E-state index in [1.165, 1.54) is 38.5 Å². The monoisotopic (exact) mass is 296 g/mol. The average Bonchev–Trinajstić information content (AvgIpc) is 2.04. The van der Waals surface area contributed by atoms with Gasteiger partial charge in [-0.25, -0.2) is 0 Å². The average molecular weight is 296 g/mol. The lowest BCUT2D eigenvalue weighted by Gasteiger charge is -2.33. The lowest BCUT2D eigenvalue weighted by molar-refractivity contribution is -0.0521. The van der Waals surface area contributed by atoms with Crippen molar-refractivity contribution in [3.05, 3.63) is 0 Å². The standard InChI is InChI=1S/C11H21IO/c1-3-5-10-7-9(12)8-11(13-10)6-4-2/h9-11H,3-8H2,1-2H3/t9?,10-,11+. The van der Waals surface area contributed by atoms with Gasteiger partial charge in [0.2, 0.25) is 0 Å². The summed E-state index contributed by atoms with van der Waals surface area (Å²) < 4.78 is 6.88. The summed E-state index contributed by atoms with van der Waals surface area (Å²) in [6.07, 6.45) is 8.66. The lowest BCUT2D eigenvalue weighted by Crippen LogP contribution is -2.33. The van der Waals surface area contributed by atoms with Gasteiger partial charge in [-0.3, -0.25) is 0 Å². The molecule has 0 aromatic heterocycles. The van der Waals surface area contributed by atoms with E-state index >= 15 is 0 Å². The summed E-state index contributed by atoms with van der Waals surface area (Å²) in [5.41, 5.74) is 0. The maximum Gasteiger partial charge on any atom is 0.0588 e. The highest BCUT2D eigenvalue weighted by Gasteiger charge is 2.26. The van der Waals surface area contributed by atoms with Crippen molar-refractivity contribution in [2.45, 2.75) is 68.5 Å². The minimum atomic E-state index is 0.553. The van der Waals surface area contributed by atoms with Crippen molar-refractivity contribution in [2.24, 2.45) is 0 Å². The molecule has 1 rings (SSSR count). The highest BCUT2D eigenvalue weighted by atomic mass is 127. The molecule has 1 heterocycles. The predicted molar refractivity (Wildman–Crippen MR) is 65.5 cm³/mol. The first-order valence-corrected chi connectivity index (χ1v) is 6.80. The fraction of sp³-hybridized carbons (Fsp3) is 1.00. The van der Waals surface area contributed by atoms with Gasteiger partial charge in [0.1, 0.15) is 0 Å². The Balaban J connectivity index is 2.33. The summed E-state index contributed by atoms with van der Waals surface area (Å²) in [5, 5.41) is 0. The molecule has 13 heavy (non-hydrogen) atoms. The smallest absolute Gasteiger partial charge is 0.0588 e. The summed E-state index contributed by atoms with van der Waals surface area (Å²) >= 11 is 2.59. The quantitative estimate of drug-likeness (QED) is 0.564. The van der Waals surface area contributed by atoms with E-state index in [1.807, 2.05) is 0 Å². The first-order valence-electron chi connectivity index (χ1n) is 5.55. The van der Waals surface area contributed by atoms with Crippen LogP contribution in [-0.4, -0.2) is 16.1 Å². The third-order valence-corrected chi connectivity index (χ3v) is 3.66. The molecule has 1 aliphatic heterocycles. The minimum absolute atomic E-state index is 0.553. The summed E-state index contributed by atoms with van der Waals surface area (Å²) in [7, 11) is 0. The van der Waals surface area contributed by atoms with E-state index in [0.717, 1.165) is 3.92 Å². The van der Waals surface area contributed by atoms with Crippen LogP contribution in [0.25, 0.3) is 0 Å². The van der Waals surface area contributed by atoms with Crippen LogP contribution < -0.4 is 0 Å². The Morgan fingerprint density at radius 1 is 1.08 bits per heavy atom. The Morgan fingerprint density at radius 3 is 1.92 bits per heavy atom. The fourth-order valence-corrected chi connectivity index (χ4v) is 3.20. The largest absolute Gasteiger partial charge is 0.375 e. The van der Waals surface area contributed by atoms with Crippen LogP contribution in [0.5, 0.6) is 0 Å². The molecule has 0 spiro atoms. The van der Waals surface area contributed by atoms with Crippen LogP contribution in [0.2, 0.25) is 0 Å². The highest BCUT2D eigenvalue weighted by molar-refractivity contribution is 14.1. The van der Waals surface area contributed by atoms with Gasteiger partial charge in [-0.1, -0.05) is 49.3 Å². The van der Waals surface area contributed by atoms with Crippen molar-refractivity contribution in [1.82, 2.24) is 0 Å². The summed E-state index contributed by atoms with van der Waals surface area (Å²) in [5.74, 6) is 0. The van der Waals surface area contributed by atoms with Crippen molar-refractivity contribution in [3.63, 3.8) is 0 Å². The number of halogens is 1. The topological polar surface area (TPSA) is 9.23 Å². The van der Waals surface area contributed by atoms with E-state index in [0.29, 0.717) is 12.2 Å². The summed E-state index contributed by atoms with van der Waals surface area (Å²) in [4.78, 5) is 0. The third kappa shape index (κ3) is 4.15. The molecule has 1 saturated heterocycles. The van der Waals surface area contributed by atoms with E-state index in [1.54, 1.807) is 0 Å². The maximum absolute atomic E-state index is 6.03. The normalized spacial score (nSPS) is 34.8. The molecule has 1 unspecified atom stereocenters. The SMILES string of the molecule is CCC[C@@H]1CC(I)C[C@H](CCC)O1. The molecule has 1 fully saturated rings. The maximum atomic E-state index is 6.03. The zero-order chi connectivity index (χ0) is 9.68. The molecule has 0 bridgehead atoms. The van der Waals surface area contributed by atoms with E-state index < -0.39 is 0 Å². The van der Waals surface area contributed by atoms with Gasteiger partial charge >= 0.3 is 0 Å². The lowest BCUT2D eigenvalue weighted by atomic mass is 9.99. The molecule has 0 N–H and O–H groups in total. The van der Waals surface area contributed by atoms with Crippen LogP contribution in [0.4, 0.5) is 0 Å². The number of hydrogen-bond donors (Lipinski definition) is 0. The minimum Gasteiger partial charge on any atom is -0.375 e. The van der Waals surface area contributed by atoms with E-state index in [9.17, 15) is 0 Å². The predicted octanol–water partition coefficient (Wildman–Crippen LogP) is 3.94. The molecule has 2 heteroatoms. The molecular formula is C11H21IO. The summed E-state index contributed by atoms with van der Waals surface area (Å²) in [6, 6.07) is 0. The van der Waals surface area contributed by atoms with Crippen LogP contribution in [-0.2, 0) is 4.74 Å². The van der Waals surface area contributed by atoms with Gasteiger partial charge in [0, 0.05) is 3.92 Å². The molecule has 0 saturated carbocycles. The number of ether oxygens (including phenoxy) is 1. The van der Waals surface area contributed by atoms with Gasteiger partial charge in [-0.05, 0) is 25.7 Å². The van der Waals surface area contributed by atoms with E-state index in [2.05, 4.69) is 36.4 Å². The Bertz CT molecular complexity index is 124. The Labute approximate surface area is 95.8 Å². The van der Waals surface area contributed by atoms with Gasteiger partial charge in [-0.2, -0.15) is 0 Å². The molecule has 0 amide bonds. The van der Waals surface area contributed by atoms with Crippen molar-refractivity contribution < 1.29 is 4.74 Å². The zero-order valence-electron chi connectivity index (χ0n) is 8.76. The fourth-order valence-electron chi connectivity index (χ4n) is 2.07. The summed E-state index contributed by atoms with van der Waals surface area (Å²) in [6.45, 7) is 4.49. The van der Waals surface area contributed by atoms with Crippen molar-refractivity contribution in [3.8, 4) is 0 Å². The first kappa shape index (κ1) is 11.8. The van der Waals surface area contributed by atoms with E-state index in [-0.39, 0.29) is 0 Å². The second kappa shape index (κ2) is 6.23. The van der Waals surface area contributed by atoms with Gasteiger partial charge in [-0.15, -0.1) is 0 Å². The van der Waals surface area contributed by atoms with Crippen LogP contribution in [0.3, 0.4) is 0 Å². The van der Waals surface area contributed by atoms with Crippen molar-refractivity contribution in [2.75, 3.05) is 0 Å². The third-order valence-electron chi connectivity index (χ3n) is 2.64. The number of rotatable bonds is 4. The number of hydrogen-bond acceptors (Lipinski definition) is 1. The second-order valence-electron chi connectivity index (χ2n) is 4.03. The Hall–Kier alpha value is 0.690. The van der Waals surface area contributed by atoms with Gasteiger partial charge < -0.3 is 4.74 Å². The van der Waals surface area contributed by atoms with Crippen LogP contribution in [0.1, 0.15) is 52.4 Å². The van der Waals surface area contributed by atoms with E-state index in [4.69, 9.17) is 4.74 Å². The molecule has 0 aromatic rings. The highest BCUT2D eigenvalue weighted by Crippen LogP contribution is 2.29. The van der Waals surface area contributed by atoms with Crippen molar-refractivity contribution in [1.29, 1.82) is 0 Å². The van der Waals surface area contributed by atoms with Crippen LogP contribution in [0.15, 0.2) is 0 Å². The Kier molecular flexibility index (Phi) is 5.63. The Morgan fingerprint density at radius 2 is 1.54 bits per heavy atom. The molecule has 78 valence electrons. The number of alkyl halides is 1. The molecule has 1 nitrogen and oxygen atoms in total. The van der Waals surface area contributed by atoms with Gasteiger partial charge in [0.25, 0.3) is 0 Å². The molecule has 0 aromatic carbocycles. The molecule has 0 aliphatic carbocycles. The zero-order valence-corrected chi connectivity index (χ0v) is 10.9.